The number of fused-ring (bicyclic) bond motifs is 3. The molecule has 1 amide bonds. The third-order valence-electron chi connectivity index (χ3n) is 7.77. The maximum atomic E-state index is 13.5. The van der Waals surface area contributed by atoms with Crippen molar-refractivity contribution in [3.05, 3.63) is 130 Å². The van der Waals surface area contributed by atoms with Gasteiger partial charge in [-0.2, -0.15) is 0 Å². The highest BCUT2D eigenvalue weighted by atomic mass is 32.1. The second-order valence-electron chi connectivity index (χ2n) is 10.3. The molecular weight excluding hydrogens is 510 g/mol. The van der Waals surface area contributed by atoms with Gasteiger partial charge in [0.1, 0.15) is 5.00 Å². The summed E-state index contributed by atoms with van der Waals surface area (Å²) in [6.07, 6.45) is 8.36. The molecule has 1 aliphatic carbocycles. The van der Waals surface area contributed by atoms with Gasteiger partial charge >= 0.3 is 0 Å². The van der Waals surface area contributed by atoms with Crippen molar-refractivity contribution in [2.45, 2.75) is 32.2 Å². The third-order valence-corrected chi connectivity index (χ3v) is 8.97. The zero-order valence-electron chi connectivity index (χ0n) is 22.1. The molecule has 4 nitrogen and oxygen atoms in total. The lowest BCUT2D eigenvalue weighted by atomic mass is 9.95. The van der Waals surface area contributed by atoms with E-state index in [9.17, 15) is 4.79 Å². The predicted octanol–water partition coefficient (Wildman–Crippen LogP) is 8.79. The first-order valence-corrected chi connectivity index (χ1v) is 14.7. The summed E-state index contributed by atoms with van der Waals surface area (Å²) < 4.78 is 2.31. The minimum Gasteiger partial charge on any atom is -0.342 e. The number of carbonyl (C=O) groups excluding carboxylic acids is 1. The monoisotopic (exact) mass is 539 g/mol. The summed E-state index contributed by atoms with van der Waals surface area (Å²) >= 11 is 1.67. The summed E-state index contributed by atoms with van der Waals surface area (Å²) in [4.78, 5) is 19.8. The van der Waals surface area contributed by atoms with Crippen molar-refractivity contribution in [1.82, 2.24) is 4.57 Å². The van der Waals surface area contributed by atoms with E-state index < -0.39 is 0 Å². The van der Waals surface area contributed by atoms with E-state index in [2.05, 4.69) is 82.8 Å². The Labute approximate surface area is 237 Å². The molecule has 0 radical (unpaired) electrons. The minimum atomic E-state index is -0.0730. The zero-order valence-corrected chi connectivity index (χ0v) is 23.0. The van der Waals surface area contributed by atoms with E-state index in [1.54, 1.807) is 11.3 Å². The summed E-state index contributed by atoms with van der Waals surface area (Å²) in [6.45, 7) is 0.772. The first-order valence-electron chi connectivity index (χ1n) is 13.8. The minimum absolute atomic E-state index is 0.0730. The molecule has 0 unspecified atom stereocenters. The van der Waals surface area contributed by atoms with Crippen molar-refractivity contribution in [3.8, 4) is 0 Å². The average molecular weight is 540 g/mol. The van der Waals surface area contributed by atoms with Crippen LogP contribution in [0.3, 0.4) is 0 Å². The van der Waals surface area contributed by atoms with E-state index in [4.69, 9.17) is 4.99 Å². The highest BCUT2D eigenvalue weighted by molar-refractivity contribution is 7.16. The van der Waals surface area contributed by atoms with E-state index in [1.807, 2.05) is 36.5 Å². The Morgan fingerprint density at radius 3 is 2.50 bits per heavy atom. The van der Waals surface area contributed by atoms with E-state index in [0.717, 1.165) is 59.4 Å². The molecule has 7 rings (SSSR count). The van der Waals surface area contributed by atoms with Gasteiger partial charge in [0, 0.05) is 46.0 Å². The Kier molecular flexibility index (Phi) is 6.50. The van der Waals surface area contributed by atoms with Gasteiger partial charge in [0.25, 0.3) is 5.91 Å². The van der Waals surface area contributed by atoms with E-state index in [-0.39, 0.29) is 5.91 Å². The Morgan fingerprint density at radius 1 is 0.850 bits per heavy atom. The molecule has 0 atom stereocenters. The number of hydrogen-bond donors (Lipinski definition) is 1. The van der Waals surface area contributed by atoms with E-state index in [1.165, 1.54) is 32.3 Å². The number of aromatic nitrogens is 1. The third kappa shape index (κ3) is 4.63. The fraction of sp³-hybridized carbons (Fsp3) is 0.143. The van der Waals surface area contributed by atoms with Gasteiger partial charge in [-0.1, -0.05) is 78.9 Å². The molecule has 2 aromatic heterocycles. The molecule has 2 heterocycles. The molecule has 0 fully saturated rings. The van der Waals surface area contributed by atoms with Crippen LogP contribution in [-0.4, -0.2) is 16.7 Å². The average Bonchev–Trinajstić information content (AvgIpc) is 3.55. The first-order chi connectivity index (χ1) is 19.7. The van der Waals surface area contributed by atoms with Gasteiger partial charge in [0.15, 0.2) is 0 Å². The van der Waals surface area contributed by atoms with Crippen LogP contribution >= 0.6 is 11.3 Å². The van der Waals surface area contributed by atoms with E-state index >= 15 is 0 Å². The van der Waals surface area contributed by atoms with Crippen LogP contribution in [0.2, 0.25) is 0 Å². The molecule has 0 saturated heterocycles. The lowest BCUT2D eigenvalue weighted by Crippen LogP contribution is -2.14. The van der Waals surface area contributed by atoms with Gasteiger partial charge in [-0.15, -0.1) is 11.3 Å². The van der Waals surface area contributed by atoms with Gasteiger partial charge in [0.2, 0.25) is 0 Å². The maximum Gasteiger partial charge on any atom is 0.259 e. The van der Waals surface area contributed by atoms with Gasteiger partial charge in [-0.25, -0.2) is 4.99 Å². The Hall–Kier alpha value is -4.48. The van der Waals surface area contributed by atoms with Gasteiger partial charge < -0.3 is 9.88 Å². The zero-order chi connectivity index (χ0) is 26.9. The number of nitrogens with one attached hydrogen (secondary N) is 1. The number of benzene rings is 4. The van der Waals surface area contributed by atoms with Gasteiger partial charge in [-0.05, 0) is 65.8 Å². The van der Waals surface area contributed by atoms with Crippen LogP contribution in [0.15, 0.2) is 108 Å². The quantitative estimate of drug-likeness (QED) is 0.211. The normalized spacial score (nSPS) is 13.2. The molecule has 6 aromatic rings. The number of amides is 1. The molecule has 0 saturated carbocycles. The summed E-state index contributed by atoms with van der Waals surface area (Å²) in [5.74, 6) is -0.0730. The van der Waals surface area contributed by atoms with Crippen LogP contribution in [-0.2, 0) is 19.4 Å². The number of aryl methyl sites for hydroxylation is 1. The number of nitrogens with zero attached hydrogens (tertiary/aromatic N) is 2. The van der Waals surface area contributed by atoms with Crippen LogP contribution in [0, 0.1) is 0 Å². The van der Waals surface area contributed by atoms with Crippen molar-refractivity contribution in [2.24, 2.45) is 4.99 Å². The van der Waals surface area contributed by atoms with Crippen molar-refractivity contribution in [2.75, 3.05) is 5.32 Å². The molecule has 40 heavy (non-hydrogen) atoms. The predicted molar refractivity (Wildman–Crippen MR) is 168 cm³/mol. The van der Waals surface area contributed by atoms with Crippen molar-refractivity contribution < 1.29 is 4.79 Å². The van der Waals surface area contributed by atoms with Crippen LogP contribution in [0.4, 0.5) is 10.7 Å². The molecule has 1 N–H and O–H groups in total. The van der Waals surface area contributed by atoms with Gasteiger partial charge in [0.05, 0.1) is 5.56 Å². The SMILES string of the molecule is O=C(Nc1ccccc1)c1c(N=Cc2cn(Cc3cccc4ccccc34)c3ccccc23)sc2c1CCCC2. The van der Waals surface area contributed by atoms with Crippen LogP contribution in [0.5, 0.6) is 0 Å². The maximum absolute atomic E-state index is 13.5. The summed E-state index contributed by atoms with van der Waals surface area (Å²) in [5, 5.41) is 7.58. The Morgan fingerprint density at radius 2 is 1.60 bits per heavy atom. The number of para-hydroxylation sites is 2. The molecule has 4 aromatic carbocycles. The number of aliphatic imine (C=N–C) groups is 1. The molecule has 0 aliphatic heterocycles. The van der Waals surface area contributed by atoms with Crippen molar-refractivity contribution >= 4 is 55.8 Å². The molecule has 0 spiro atoms. The number of thiophene rings is 1. The molecule has 1 aliphatic rings. The number of rotatable bonds is 6. The van der Waals surface area contributed by atoms with Crippen molar-refractivity contribution in [1.29, 1.82) is 0 Å². The molecule has 196 valence electrons. The van der Waals surface area contributed by atoms with Crippen LogP contribution in [0.1, 0.15) is 44.8 Å². The number of carbonyl (C=O) groups is 1. The lowest BCUT2D eigenvalue weighted by molar-refractivity contribution is 0.102. The number of hydrogen-bond acceptors (Lipinski definition) is 3. The standard InChI is InChI=1S/C35H29N3OS/c39-34(37-27-14-2-1-3-15-27)33-30-18-7-9-20-32(30)40-35(33)36-21-26-23-38(31-19-8-6-17-29(26)31)22-25-13-10-12-24-11-4-5-16-28(24)25/h1-6,8,10-17,19,21,23H,7,9,18,20,22H2,(H,37,39). The fourth-order valence-corrected chi connectivity index (χ4v) is 7.07. The van der Waals surface area contributed by atoms with Crippen LogP contribution < -0.4 is 5.32 Å². The topological polar surface area (TPSA) is 46.4 Å². The second-order valence-corrected chi connectivity index (χ2v) is 11.4. The van der Waals surface area contributed by atoms with Crippen LogP contribution in [0.25, 0.3) is 21.7 Å². The Bertz CT molecular complexity index is 1870. The number of anilines is 1. The molecule has 5 heteroatoms. The highest BCUT2D eigenvalue weighted by Gasteiger charge is 2.25. The second kappa shape index (κ2) is 10.6. The molecular formula is C35H29N3OS. The fourth-order valence-electron chi connectivity index (χ4n) is 5.84. The van der Waals surface area contributed by atoms with E-state index in [0.29, 0.717) is 0 Å². The summed E-state index contributed by atoms with van der Waals surface area (Å²) in [5.41, 5.74) is 6.22. The smallest absolute Gasteiger partial charge is 0.259 e. The van der Waals surface area contributed by atoms with Gasteiger partial charge in [-0.3, -0.25) is 4.79 Å². The largest absolute Gasteiger partial charge is 0.342 e. The van der Waals surface area contributed by atoms with Crippen molar-refractivity contribution in [3.63, 3.8) is 0 Å². The molecule has 0 bridgehead atoms. The summed E-state index contributed by atoms with van der Waals surface area (Å²) in [6, 6.07) is 33.2. The lowest BCUT2D eigenvalue weighted by Gasteiger charge is -2.12. The highest BCUT2D eigenvalue weighted by Crippen LogP contribution is 2.40. The first kappa shape index (κ1) is 24.6. The Balaban J connectivity index is 1.26. The summed E-state index contributed by atoms with van der Waals surface area (Å²) in [7, 11) is 0.